The first-order chi connectivity index (χ1) is 13.3. The molecule has 3 aromatic rings. The Bertz CT molecular complexity index is 1020. The first kappa shape index (κ1) is 20.8. The van der Waals surface area contributed by atoms with E-state index in [4.69, 9.17) is 46.4 Å². The van der Waals surface area contributed by atoms with Crippen molar-refractivity contribution in [3.05, 3.63) is 78.4 Å². The molecule has 1 heterocycles. The molecule has 0 saturated heterocycles. The van der Waals surface area contributed by atoms with Crippen molar-refractivity contribution in [2.45, 2.75) is 0 Å². The van der Waals surface area contributed by atoms with Crippen molar-refractivity contribution in [2.75, 3.05) is 10.7 Å². The first-order valence-corrected chi connectivity index (χ1v) is 10.1. The normalized spacial score (nSPS) is 10.4. The van der Waals surface area contributed by atoms with Gasteiger partial charge in [0.1, 0.15) is 0 Å². The number of hydrazine groups is 1. The molecule has 0 spiro atoms. The Labute approximate surface area is 184 Å². The zero-order valence-electron chi connectivity index (χ0n) is 13.9. The molecule has 0 fully saturated rings. The van der Waals surface area contributed by atoms with Crippen LogP contribution in [0.25, 0.3) is 0 Å². The smallest absolute Gasteiger partial charge is 0.269 e. The topological polar surface area (TPSA) is 70.2 Å². The third-order valence-corrected chi connectivity index (χ3v) is 5.54. The monoisotopic (exact) mass is 473 g/mol. The minimum absolute atomic E-state index is 0.248. The minimum Gasteiger partial charge on any atom is -0.320 e. The highest BCUT2D eigenvalue weighted by Crippen LogP contribution is 2.33. The predicted octanol–water partition coefficient (Wildman–Crippen LogP) is 6.37. The average Bonchev–Trinajstić information content (AvgIpc) is 3.17. The summed E-state index contributed by atoms with van der Waals surface area (Å²) in [6, 6.07) is 10.9. The Morgan fingerprint density at radius 1 is 0.857 bits per heavy atom. The number of amides is 2. The molecule has 0 aliphatic heterocycles. The Kier molecular flexibility index (Phi) is 6.69. The van der Waals surface area contributed by atoms with Crippen LogP contribution in [-0.2, 0) is 0 Å². The van der Waals surface area contributed by atoms with Crippen molar-refractivity contribution >= 4 is 80.9 Å². The average molecular weight is 475 g/mol. The number of nitrogens with one attached hydrogen (secondary N) is 3. The molecular formula is C18H11Cl4N3O2S. The number of benzene rings is 2. The van der Waals surface area contributed by atoms with Crippen LogP contribution < -0.4 is 16.2 Å². The molecule has 2 amide bonds. The summed E-state index contributed by atoms with van der Waals surface area (Å²) in [6.45, 7) is 0. The van der Waals surface area contributed by atoms with Gasteiger partial charge in [-0.3, -0.25) is 20.4 Å². The lowest BCUT2D eigenvalue weighted by molar-refractivity contribution is 0.0961. The highest BCUT2D eigenvalue weighted by Gasteiger charge is 2.14. The van der Waals surface area contributed by atoms with E-state index >= 15 is 0 Å². The molecule has 1 aromatic heterocycles. The largest absolute Gasteiger partial charge is 0.320 e. The summed E-state index contributed by atoms with van der Waals surface area (Å²) in [6.07, 6.45) is 0. The summed E-state index contributed by atoms with van der Waals surface area (Å²) in [5, 5.41) is 5.65. The van der Waals surface area contributed by atoms with Crippen LogP contribution in [0, 0.1) is 0 Å². The van der Waals surface area contributed by atoms with Crippen LogP contribution in [0.2, 0.25) is 20.1 Å². The molecule has 28 heavy (non-hydrogen) atoms. The molecule has 0 atom stereocenters. The summed E-state index contributed by atoms with van der Waals surface area (Å²) in [5.41, 5.74) is 6.04. The summed E-state index contributed by atoms with van der Waals surface area (Å²) in [7, 11) is 0. The zero-order chi connectivity index (χ0) is 20.3. The molecule has 3 rings (SSSR count). The molecule has 0 saturated carbocycles. The van der Waals surface area contributed by atoms with Gasteiger partial charge in [0, 0.05) is 10.6 Å². The predicted molar refractivity (Wildman–Crippen MR) is 116 cm³/mol. The maximum Gasteiger partial charge on any atom is 0.269 e. The lowest BCUT2D eigenvalue weighted by Crippen LogP contribution is -2.29. The molecule has 5 nitrogen and oxygen atoms in total. The van der Waals surface area contributed by atoms with Gasteiger partial charge >= 0.3 is 0 Å². The maximum absolute atomic E-state index is 12.4. The van der Waals surface area contributed by atoms with Gasteiger partial charge in [0.15, 0.2) is 0 Å². The molecule has 3 N–H and O–H groups in total. The van der Waals surface area contributed by atoms with E-state index in [0.29, 0.717) is 26.3 Å². The minimum atomic E-state index is -0.481. The van der Waals surface area contributed by atoms with Crippen LogP contribution in [0.15, 0.2) is 47.8 Å². The Morgan fingerprint density at radius 2 is 1.57 bits per heavy atom. The van der Waals surface area contributed by atoms with Crippen molar-refractivity contribution in [1.29, 1.82) is 0 Å². The zero-order valence-corrected chi connectivity index (χ0v) is 17.7. The fourth-order valence-electron chi connectivity index (χ4n) is 2.21. The van der Waals surface area contributed by atoms with Gasteiger partial charge in [-0.25, -0.2) is 0 Å². The summed E-state index contributed by atoms with van der Waals surface area (Å²) < 4.78 is 0. The number of anilines is 2. The second kappa shape index (κ2) is 9.03. The molecule has 0 unspecified atom stereocenters. The van der Waals surface area contributed by atoms with Crippen LogP contribution in [-0.4, -0.2) is 11.8 Å². The van der Waals surface area contributed by atoms with Crippen molar-refractivity contribution < 1.29 is 9.59 Å². The van der Waals surface area contributed by atoms with E-state index in [2.05, 4.69) is 16.2 Å². The van der Waals surface area contributed by atoms with Crippen molar-refractivity contribution in [3.8, 4) is 0 Å². The number of rotatable bonds is 5. The van der Waals surface area contributed by atoms with Crippen molar-refractivity contribution in [2.24, 2.45) is 0 Å². The number of hydrogen-bond donors (Lipinski definition) is 3. The summed E-state index contributed by atoms with van der Waals surface area (Å²) in [4.78, 5) is 25.2. The first-order valence-electron chi connectivity index (χ1n) is 7.70. The van der Waals surface area contributed by atoms with E-state index < -0.39 is 5.91 Å². The van der Waals surface area contributed by atoms with Gasteiger partial charge in [0.2, 0.25) is 0 Å². The molecule has 0 aliphatic carbocycles. The second-order valence-electron chi connectivity index (χ2n) is 5.45. The Morgan fingerprint density at radius 3 is 2.21 bits per heavy atom. The van der Waals surface area contributed by atoms with Crippen LogP contribution in [0.4, 0.5) is 11.4 Å². The molecular weight excluding hydrogens is 464 g/mol. The van der Waals surface area contributed by atoms with Gasteiger partial charge in [0.05, 0.1) is 31.3 Å². The maximum atomic E-state index is 12.4. The summed E-state index contributed by atoms with van der Waals surface area (Å²) in [5.74, 6) is -0.794. The Balaban J connectivity index is 1.73. The van der Waals surface area contributed by atoms with E-state index in [1.807, 2.05) is 0 Å². The van der Waals surface area contributed by atoms with Gasteiger partial charge in [-0.2, -0.15) is 0 Å². The van der Waals surface area contributed by atoms with Gasteiger partial charge in [0.25, 0.3) is 11.8 Å². The highest BCUT2D eigenvalue weighted by molar-refractivity contribution is 7.12. The number of halogens is 4. The number of carbonyl (C=O) groups excluding carboxylic acids is 2. The third-order valence-electron chi connectivity index (χ3n) is 3.53. The molecule has 0 bridgehead atoms. The molecule has 144 valence electrons. The second-order valence-corrected chi connectivity index (χ2v) is 8.06. The highest BCUT2D eigenvalue weighted by atomic mass is 35.5. The number of carbonyl (C=O) groups is 2. The SMILES string of the molecule is O=C(NNc1c(Cl)cc(Cl)cc1Cl)c1ccc(Cl)c(NC(=O)c2cccs2)c1. The summed E-state index contributed by atoms with van der Waals surface area (Å²) >= 11 is 25.4. The molecule has 10 heteroatoms. The van der Waals surface area contributed by atoms with E-state index in [1.165, 1.54) is 41.7 Å². The lowest BCUT2D eigenvalue weighted by Gasteiger charge is -2.13. The van der Waals surface area contributed by atoms with Gasteiger partial charge in [-0.1, -0.05) is 52.5 Å². The molecule has 0 radical (unpaired) electrons. The van der Waals surface area contributed by atoms with Crippen LogP contribution in [0.5, 0.6) is 0 Å². The number of hydrogen-bond acceptors (Lipinski definition) is 4. The van der Waals surface area contributed by atoms with E-state index in [1.54, 1.807) is 17.5 Å². The van der Waals surface area contributed by atoms with E-state index in [0.717, 1.165) is 0 Å². The van der Waals surface area contributed by atoms with E-state index in [-0.39, 0.29) is 21.5 Å². The van der Waals surface area contributed by atoms with Crippen LogP contribution in [0.3, 0.4) is 0 Å². The van der Waals surface area contributed by atoms with Gasteiger partial charge in [-0.05, 0) is 41.8 Å². The third kappa shape index (κ3) is 4.90. The quantitative estimate of drug-likeness (QED) is 0.376. The molecule has 2 aromatic carbocycles. The van der Waals surface area contributed by atoms with E-state index in [9.17, 15) is 9.59 Å². The lowest BCUT2D eigenvalue weighted by atomic mass is 10.2. The van der Waals surface area contributed by atoms with Gasteiger partial charge in [-0.15, -0.1) is 11.3 Å². The standard InChI is InChI=1S/C18H11Cl4N3O2S/c19-10-7-12(21)16(13(22)8-10)24-25-17(26)9-3-4-11(20)14(6-9)23-18(27)15-2-1-5-28-15/h1-8,24H,(H,23,27)(H,25,26). The van der Waals surface area contributed by atoms with Gasteiger partial charge < -0.3 is 5.32 Å². The van der Waals surface area contributed by atoms with Crippen molar-refractivity contribution in [1.82, 2.24) is 5.43 Å². The number of thiophene rings is 1. The Hall–Kier alpha value is -1.96. The molecule has 0 aliphatic rings. The van der Waals surface area contributed by atoms with Crippen LogP contribution >= 0.6 is 57.7 Å². The van der Waals surface area contributed by atoms with Crippen LogP contribution in [0.1, 0.15) is 20.0 Å². The fraction of sp³-hybridized carbons (Fsp3) is 0. The van der Waals surface area contributed by atoms with Crippen molar-refractivity contribution in [3.63, 3.8) is 0 Å². The fourth-order valence-corrected chi connectivity index (χ4v) is 3.90.